The second-order valence-electron chi connectivity index (χ2n) is 9.73. The van der Waals surface area contributed by atoms with E-state index in [1.54, 1.807) is 0 Å². The van der Waals surface area contributed by atoms with Gasteiger partial charge in [0.25, 0.3) is 0 Å². The zero-order valence-electron chi connectivity index (χ0n) is 19.0. The van der Waals surface area contributed by atoms with Crippen LogP contribution in [0.25, 0.3) is 21.6 Å². The van der Waals surface area contributed by atoms with E-state index in [2.05, 4.69) is 0 Å². The highest BCUT2D eigenvalue weighted by atomic mass is 32.2. The Balaban J connectivity index is 1.98. The van der Waals surface area contributed by atoms with Gasteiger partial charge in [-0.1, -0.05) is 51.2 Å². The molecule has 1 N–H and O–H groups in total. The molecule has 1 unspecified atom stereocenters. The van der Waals surface area contributed by atoms with Crippen LogP contribution in [-0.2, 0) is 19.4 Å². The van der Waals surface area contributed by atoms with E-state index in [0.717, 1.165) is 15.8 Å². The lowest BCUT2D eigenvalue weighted by Crippen LogP contribution is -2.62. The van der Waals surface area contributed by atoms with Crippen molar-refractivity contribution in [2.75, 3.05) is 5.75 Å². The van der Waals surface area contributed by atoms with Crippen molar-refractivity contribution in [2.45, 2.75) is 62.0 Å². The van der Waals surface area contributed by atoms with E-state index in [0.29, 0.717) is 29.9 Å². The van der Waals surface area contributed by atoms with Gasteiger partial charge < -0.3 is 9.52 Å². The fourth-order valence-corrected chi connectivity index (χ4v) is 14.6. The molecule has 0 saturated carbocycles. The summed E-state index contributed by atoms with van der Waals surface area (Å²) in [4.78, 5) is 14.5. The fourth-order valence-electron chi connectivity index (χ4n) is 5.82. The summed E-state index contributed by atoms with van der Waals surface area (Å²) in [5.74, 6) is -0.274. The van der Waals surface area contributed by atoms with Gasteiger partial charge in [-0.2, -0.15) is 0 Å². The van der Waals surface area contributed by atoms with E-state index in [9.17, 15) is 18.3 Å². The van der Waals surface area contributed by atoms with Crippen LogP contribution in [0.1, 0.15) is 37.5 Å². The van der Waals surface area contributed by atoms with Crippen molar-refractivity contribution in [2.24, 2.45) is 0 Å². The smallest absolute Gasteiger partial charge is 0.308 e. The molecule has 0 spiro atoms. The molecule has 1 aliphatic heterocycles. The number of thiophene rings is 1. The number of fused-ring (bicyclic) bond motifs is 1. The number of furan rings is 1. The Morgan fingerprint density at radius 1 is 1.19 bits per heavy atom. The molecule has 1 aliphatic rings. The minimum Gasteiger partial charge on any atom is -0.481 e. The number of carboxylic acids is 1. The number of hydrogen-bond acceptors (Lipinski definition) is 5. The van der Waals surface area contributed by atoms with Crippen LogP contribution < -0.4 is 0 Å². The van der Waals surface area contributed by atoms with Gasteiger partial charge in [-0.3, -0.25) is 4.79 Å². The first-order valence-electron chi connectivity index (χ1n) is 11.0. The molecule has 4 rings (SSSR count). The molecule has 0 radical (unpaired) electrons. The minimum absolute atomic E-state index is 0.0321. The van der Waals surface area contributed by atoms with Crippen LogP contribution in [0.5, 0.6) is 0 Å². The second-order valence-corrected chi connectivity index (χ2v) is 18.5. The predicted molar refractivity (Wildman–Crippen MR) is 133 cm³/mol. The Labute approximate surface area is 194 Å². The first-order valence-corrected chi connectivity index (χ1v) is 17.0. The van der Waals surface area contributed by atoms with Crippen LogP contribution in [0.3, 0.4) is 0 Å². The molecule has 0 bridgehead atoms. The van der Waals surface area contributed by atoms with E-state index >= 15 is 0 Å². The van der Waals surface area contributed by atoms with Gasteiger partial charge in [0.1, 0.15) is 16.1 Å². The van der Waals surface area contributed by atoms with Gasteiger partial charge in [0.2, 0.25) is 0 Å². The Morgan fingerprint density at radius 2 is 1.91 bits per heavy atom. The molecule has 2 atom stereocenters. The first kappa shape index (κ1) is 23.3. The molecular weight excluding hydrogens is 460 g/mol. The Kier molecular flexibility index (Phi) is 5.71. The van der Waals surface area contributed by atoms with Crippen molar-refractivity contribution >= 4 is 46.2 Å². The highest BCUT2D eigenvalue weighted by molar-refractivity contribution is 7.92. The number of para-hydroxylation sites is 1. The number of aliphatic carboxylic acids is 1. The van der Waals surface area contributed by atoms with Crippen molar-refractivity contribution in [1.82, 2.24) is 0 Å². The number of carboxylic acid groups (broad SMARTS) is 1. The number of benzene rings is 1. The van der Waals surface area contributed by atoms with E-state index in [1.165, 1.54) is 11.3 Å². The molecule has 1 fully saturated rings. The van der Waals surface area contributed by atoms with Crippen molar-refractivity contribution in [3.63, 3.8) is 0 Å². The maximum Gasteiger partial charge on any atom is 0.308 e. The summed E-state index contributed by atoms with van der Waals surface area (Å²) in [5.41, 5.74) is 0.771. The molecule has 5 nitrogen and oxygen atoms in total. The second kappa shape index (κ2) is 7.85. The lowest BCUT2D eigenvalue weighted by molar-refractivity contribution is -0.142. The van der Waals surface area contributed by atoms with E-state index < -0.39 is 33.7 Å². The van der Waals surface area contributed by atoms with Gasteiger partial charge in [-0.25, -0.2) is 8.42 Å². The van der Waals surface area contributed by atoms with E-state index in [-0.39, 0.29) is 12.2 Å². The zero-order valence-corrected chi connectivity index (χ0v) is 21.6. The van der Waals surface area contributed by atoms with Crippen molar-refractivity contribution in [3.8, 4) is 10.6 Å². The normalized spacial score (nSPS) is 23.1. The lowest BCUT2D eigenvalue weighted by atomic mass is 9.82. The first-order chi connectivity index (χ1) is 15.0. The average molecular weight is 491 g/mol. The van der Waals surface area contributed by atoms with Crippen LogP contribution in [0, 0.1) is 0 Å². The lowest BCUT2D eigenvalue weighted by Gasteiger charge is -2.54. The summed E-state index contributed by atoms with van der Waals surface area (Å²) in [6, 6.07) is 13.4. The number of sulfone groups is 1. The quantitative estimate of drug-likeness (QED) is 0.397. The van der Waals surface area contributed by atoms with Gasteiger partial charge in [-0.05, 0) is 43.5 Å². The van der Waals surface area contributed by atoms with Crippen LogP contribution in [0.4, 0.5) is 0 Å². The molecule has 8 heteroatoms. The SMILES string of the molecule is CCC(C(=O)O)([C@]1(c2ccc(-c3cc4ccccc4o3)s2)CCCCS1(=O)=O)[Si](C)(C)C. The highest BCUT2D eigenvalue weighted by Gasteiger charge is 2.69. The van der Waals surface area contributed by atoms with Crippen LogP contribution in [0.2, 0.25) is 24.7 Å². The van der Waals surface area contributed by atoms with Crippen molar-refractivity contribution in [3.05, 3.63) is 47.3 Å². The highest BCUT2D eigenvalue weighted by Crippen LogP contribution is 2.64. The Morgan fingerprint density at radius 3 is 2.50 bits per heavy atom. The molecule has 1 saturated heterocycles. The van der Waals surface area contributed by atoms with E-state index in [1.807, 2.05) is 69.0 Å². The molecule has 32 heavy (non-hydrogen) atoms. The summed E-state index contributed by atoms with van der Waals surface area (Å²) < 4.78 is 32.4. The summed E-state index contributed by atoms with van der Waals surface area (Å²) in [6.07, 6.45) is 1.92. The van der Waals surface area contributed by atoms with Gasteiger partial charge in [0.05, 0.1) is 23.7 Å². The standard InChI is InChI=1S/C24H30O5S2Si/c1-5-24(22(25)26,32(2,3)4)23(14-8-9-15-31(23,27)28)21-13-12-20(30-21)19-16-17-10-6-7-11-18(17)29-19/h6-7,10-13,16H,5,8-9,14-15H2,1-4H3,(H,25,26)/t23-,24?/m1/s1. The number of carbonyl (C=O) groups is 1. The third-order valence-electron chi connectivity index (χ3n) is 7.26. The minimum atomic E-state index is -3.70. The monoisotopic (exact) mass is 490 g/mol. The fraction of sp³-hybridized carbons (Fsp3) is 0.458. The van der Waals surface area contributed by atoms with Gasteiger partial charge in [-0.15, -0.1) is 11.3 Å². The zero-order chi connectivity index (χ0) is 23.4. The van der Waals surface area contributed by atoms with E-state index in [4.69, 9.17) is 4.42 Å². The molecule has 2 aromatic heterocycles. The summed E-state index contributed by atoms with van der Waals surface area (Å²) in [5, 5.41) is 10.3. The Bertz CT molecular complexity index is 1230. The molecule has 0 aliphatic carbocycles. The summed E-state index contributed by atoms with van der Waals surface area (Å²) in [6.45, 7) is 7.81. The largest absolute Gasteiger partial charge is 0.481 e. The molecule has 0 amide bonds. The number of hydrogen-bond donors (Lipinski definition) is 1. The average Bonchev–Trinajstić information content (AvgIpc) is 3.35. The van der Waals surface area contributed by atoms with Crippen molar-refractivity contribution < 1.29 is 22.7 Å². The maximum absolute atomic E-state index is 13.9. The van der Waals surface area contributed by atoms with Gasteiger partial charge >= 0.3 is 5.97 Å². The van der Waals surface area contributed by atoms with Gasteiger partial charge in [0.15, 0.2) is 9.84 Å². The predicted octanol–water partition coefficient (Wildman–Crippen LogP) is 6.53. The third kappa shape index (κ3) is 3.14. The topological polar surface area (TPSA) is 84.6 Å². The Hall–Kier alpha value is -1.90. The molecule has 1 aromatic carbocycles. The van der Waals surface area contributed by atoms with Crippen LogP contribution >= 0.6 is 11.3 Å². The molecule has 3 heterocycles. The van der Waals surface area contributed by atoms with Crippen LogP contribution in [0.15, 0.2) is 46.9 Å². The summed E-state index contributed by atoms with van der Waals surface area (Å²) >= 11 is 1.37. The number of rotatable bonds is 6. The molecule has 172 valence electrons. The maximum atomic E-state index is 13.9. The van der Waals surface area contributed by atoms with Gasteiger partial charge in [0, 0.05) is 10.3 Å². The molecule has 3 aromatic rings. The third-order valence-corrected chi connectivity index (χ3v) is 15.0. The van der Waals surface area contributed by atoms with Crippen LogP contribution in [-0.4, -0.2) is 33.3 Å². The summed E-state index contributed by atoms with van der Waals surface area (Å²) in [7, 11) is -6.22. The molecular formula is C24H30O5S2Si. The van der Waals surface area contributed by atoms with Crippen molar-refractivity contribution in [1.29, 1.82) is 0 Å².